The zero-order valence-corrected chi connectivity index (χ0v) is 10.6. The van der Waals surface area contributed by atoms with Gasteiger partial charge in [-0.2, -0.15) is 0 Å². The van der Waals surface area contributed by atoms with Crippen molar-refractivity contribution in [3.8, 4) is 0 Å². The lowest BCUT2D eigenvalue weighted by molar-refractivity contribution is -0.381. The number of ether oxygens (including phenoxy) is 1. The fourth-order valence-electron chi connectivity index (χ4n) is 1.35. The van der Waals surface area contributed by atoms with Gasteiger partial charge in [-0.05, 0) is 13.0 Å². The molecule has 2 N–H and O–H groups in total. The fraction of sp³-hybridized carbons (Fsp3) is 0.400. The van der Waals surface area contributed by atoms with Gasteiger partial charge in [-0.15, -0.1) is 0 Å². The van der Waals surface area contributed by atoms with E-state index >= 15 is 0 Å². The molecule has 0 aliphatic carbocycles. The van der Waals surface area contributed by atoms with E-state index in [1.165, 1.54) is 6.92 Å². The molecular weight excluding hydrogens is 278 g/mol. The summed E-state index contributed by atoms with van der Waals surface area (Å²) in [5.41, 5.74) is -0.294. The molecule has 1 heterocycles. The zero-order chi connectivity index (χ0) is 14.6. The van der Waals surface area contributed by atoms with E-state index in [-0.39, 0.29) is 17.0 Å². The highest BCUT2D eigenvalue weighted by Gasteiger charge is 2.34. The lowest BCUT2D eigenvalue weighted by atomic mass is 10.1. The van der Waals surface area contributed by atoms with Crippen molar-refractivity contribution in [2.75, 3.05) is 6.61 Å². The number of thiophene rings is 1. The SMILES string of the molecule is CCOC(=O)C(O)C(O)c1cc(C=O)sc1[N+](=O)[O-]. The van der Waals surface area contributed by atoms with E-state index in [0.717, 1.165) is 6.07 Å². The second-order valence-corrected chi connectivity index (χ2v) is 4.49. The molecule has 0 radical (unpaired) electrons. The van der Waals surface area contributed by atoms with Crippen LogP contribution in [0, 0.1) is 10.1 Å². The molecule has 0 fully saturated rings. The average molecular weight is 289 g/mol. The maximum atomic E-state index is 11.2. The minimum absolute atomic E-state index is 0.00602. The van der Waals surface area contributed by atoms with Gasteiger partial charge >= 0.3 is 11.0 Å². The highest BCUT2D eigenvalue weighted by Crippen LogP contribution is 2.35. The molecule has 2 unspecified atom stereocenters. The number of carbonyl (C=O) groups excluding carboxylic acids is 2. The number of esters is 1. The number of rotatable bonds is 6. The number of hydrogen-bond acceptors (Lipinski definition) is 8. The van der Waals surface area contributed by atoms with Gasteiger partial charge in [0.05, 0.1) is 22.0 Å². The zero-order valence-electron chi connectivity index (χ0n) is 9.81. The summed E-state index contributed by atoms with van der Waals surface area (Å²) in [5, 5.41) is 29.6. The molecule has 1 rings (SSSR count). The minimum Gasteiger partial charge on any atom is -0.464 e. The van der Waals surface area contributed by atoms with Crippen LogP contribution in [0.1, 0.15) is 28.3 Å². The second-order valence-electron chi connectivity index (χ2n) is 3.43. The number of hydrogen-bond donors (Lipinski definition) is 2. The van der Waals surface area contributed by atoms with Gasteiger partial charge in [-0.25, -0.2) is 4.79 Å². The van der Waals surface area contributed by atoms with Crippen LogP contribution in [0.25, 0.3) is 0 Å². The third-order valence-corrected chi connectivity index (χ3v) is 3.21. The molecule has 0 saturated heterocycles. The Bertz CT molecular complexity index is 498. The molecule has 9 heteroatoms. The Morgan fingerprint density at radius 2 is 2.26 bits per heavy atom. The fourth-order valence-corrected chi connectivity index (χ4v) is 2.18. The first-order valence-corrected chi connectivity index (χ1v) is 6.00. The van der Waals surface area contributed by atoms with Crippen molar-refractivity contribution in [2.45, 2.75) is 19.1 Å². The number of aldehydes is 1. The first-order chi connectivity index (χ1) is 8.92. The van der Waals surface area contributed by atoms with Gasteiger partial charge < -0.3 is 14.9 Å². The standard InChI is InChI=1S/C10H11NO7S/c1-2-18-10(15)8(14)7(13)6-3-5(4-12)19-9(6)11(16)17/h3-4,7-8,13-14H,2H2,1H3. The number of aliphatic hydroxyl groups is 2. The van der Waals surface area contributed by atoms with E-state index < -0.39 is 28.1 Å². The predicted molar refractivity (Wildman–Crippen MR) is 64.0 cm³/mol. The van der Waals surface area contributed by atoms with E-state index in [9.17, 15) is 29.9 Å². The van der Waals surface area contributed by atoms with Crippen LogP contribution in [0.5, 0.6) is 0 Å². The van der Waals surface area contributed by atoms with Crippen LogP contribution >= 0.6 is 11.3 Å². The van der Waals surface area contributed by atoms with Crippen LogP contribution in [0.3, 0.4) is 0 Å². The molecule has 0 aliphatic rings. The maximum absolute atomic E-state index is 11.2. The van der Waals surface area contributed by atoms with Crippen LogP contribution in [0.2, 0.25) is 0 Å². The van der Waals surface area contributed by atoms with Crippen molar-refractivity contribution in [1.82, 2.24) is 0 Å². The van der Waals surface area contributed by atoms with Crippen molar-refractivity contribution in [1.29, 1.82) is 0 Å². The van der Waals surface area contributed by atoms with E-state index in [1.54, 1.807) is 0 Å². The summed E-state index contributed by atoms with van der Waals surface area (Å²) in [6, 6.07) is 1.06. The molecule has 0 amide bonds. The van der Waals surface area contributed by atoms with Gasteiger partial charge in [-0.3, -0.25) is 14.9 Å². The van der Waals surface area contributed by atoms with E-state index in [1.807, 2.05) is 0 Å². The molecule has 19 heavy (non-hydrogen) atoms. The van der Waals surface area contributed by atoms with Crippen molar-refractivity contribution >= 4 is 28.6 Å². The van der Waals surface area contributed by atoms with Crippen LogP contribution in [0.15, 0.2) is 6.07 Å². The number of nitro groups is 1. The van der Waals surface area contributed by atoms with Crippen LogP contribution in [-0.4, -0.2) is 40.1 Å². The molecular formula is C10H11NO7S. The number of aliphatic hydroxyl groups excluding tert-OH is 2. The summed E-state index contributed by atoms with van der Waals surface area (Å²) >= 11 is 0.548. The third-order valence-electron chi connectivity index (χ3n) is 2.19. The number of nitrogens with zero attached hydrogens (tertiary/aromatic N) is 1. The summed E-state index contributed by atoms with van der Waals surface area (Å²) in [5.74, 6) is -1.09. The van der Waals surface area contributed by atoms with Gasteiger partial charge in [0.2, 0.25) is 0 Å². The molecule has 1 aromatic rings. The molecule has 0 aromatic carbocycles. The van der Waals surface area contributed by atoms with E-state index in [2.05, 4.69) is 4.74 Å². The first-order valence-electron chi connectivity index (χ1n) is 5.18. The molecule has 1 aromatic heterocycles. The summed E-state index contributed by atoms with van der Waals surface area (Å²) < 4.78 is 4.49. The lowest BCUT2D eigenvalue weighted by Crippen LogP contribution is -2.30. The summed E-state index contributed by atoms with van der Waals surface area (Å²) in [7, 11) is 0. The largest absolute Gasteiger partial charge is 0.464 e. The van der Waals surface area contributed by atoms with Gasteiger partial charge in [0, 0.05) is 0 Å². The molecule has 2 atom stereocenters. The molecule has 0 bridgehead atoms. The normalized spacial score (nSPS) is 13.6. The molecule has 0 aliphatic heterocycles. The Morgan fingerprint density at radius 1 is 1.63 bits per heavy atom. The molecule has 104 valence electrons. The highest BCUT2D eigenvalue weighted by molar-refractivity contribution is 7.17. The first kappa shape index (κ1) is 15.2. The van der Waals surface area contributed by atoms with Crippen molar-refractivity contribution < 1.29 is 29.5 Å². The summed E-state index contributed by atoms with van der Waals surface area (Å²) in [6.45, 7) is 1.50. The van der Waals surface area contributed by atoms with E-state index in [4.69, 9.17) is 0 Å². The average Bonchev–Trinajstić information content (AvgIpc) is 2.81. The number of carbonyl (C=O) groups is 2. The summed E-state index contributed by atoms with van der Waals surface area (Å²) in [6.07, 6.45) is -3.40. The van der Waals surface area contributed by atoms with Crippen LogP contribution in [-0.2, 0) is 9.53 Å². The quantitative estimate of drug-likeness (QED) is 0.336. The van der Waals surface area contributed by atoms with Crippen LogP contribution < -0.4 is 0 Å². The molecule has 8 nitrogen and oxygen atoms in total. The van der Waals surface area contributed by atoms with Gasteiger partial charge in [0.25, 0.3) is 0 Å². The minimum atomic E-state index is -1.95. The smallest absolute Gasteiger partial charge is 0.338 e. The third kappa shape index (κ3) is 3.34. The highest BCUT2D eigenvalue weighted by atomic mass is 32.1. The molecule has 0 saturated carbocycles. The van der Waals surface area contributed by atoms with Crippen molar-refractivity contribution in [2.24, 2.45) is 0 Å². The van der Waals surface area contributed by atoms with Gasteiger partial charge in [0.1, 0.15) is 6.10 Å². The Hall–Kier alpha value is -1.84. The Labute approximate surface area is 111 Å². The maximum Gasteiger partial charge on any atom is 0.338 e. The van der Waals surface area contributed by atoms with Crippen molar-refractivity contribution in [3.05, 3.63) is 26.6 Å². The Morgan fingerprint density at radius 3 is 2.74 bits per heavy atom. The molecule has 0 spiro atoms. The second kappa shape index (κ2) is 6.36. The lowest BCUT2D eigenvalue weighted by Gasteiger charge is -2.14. The van der Waals surface area contributed by atoms with Crippen molar-refractivity contribution in [3.63, 3.8) is 0 Å². The predicted octanol–water partition coefficient (Wildman–Crippen LogP) is 0.426. The van der Waals surface area contributed by atoms with Gasteiger partial charge in [0.15, 0.2) is 12.4 Å². The Balaban J connectivity index is 3.07. The topological polar surface area (TPSA) is 127 Å². The Kier molecular flexibility index (Phi) is 5.10. The van der Waals surface area contributed by atoms with E-state index in [0.29, 0.717) is 17.6 Å². The summed E-state index contributed by atoms with van der Waals surface area (Å²) in [4.78, 5) is 31.8. The van der Waals surface area contributed by atoms with Crippen LogP contribution in [0.4, 0.5) is 5.00 Å². The van der Waals surface area contributed by atoms with Gasteiger partial charge in [-0.1, -0.05) is 11.3 Å². The monoisotopic (exact) mass is 289 g/mol.